The van der Waals surface area contributed by atoms with E-state index in [-0.39, 0.29) is 24.1 Å². The topological polar surface area (TPSA) is 83.7 Å². The lowest BCUT2D eigenvalue weighted by atomic mass is 10.2. The molecule has 0 aromatic carbocycles. The van der Waals surface area contributed by atoms with Crippen LogP contribution in [-0.4, -0.2) is 36.9 Å². The molecule has 1 aromatic heterocycles. The Morgan fingerprint density at radius 1 is 1.42 bits per heavy atom. The summed E-state index contributed by atoms with van der Waals surface area (Å²) in [7, 11) is 0. The molecule has 0 bridgehead atoms. The molecule has 0 spiro atoms. The minimum absolute atomic E-state index is 0.137. The second kappa shape index (κ2) is 7.58. The zero-order valence-corrected chi connectivity index (χ0v) is 11.5. The van der Waals surface area contributed by atoms with Crippen LogP contribution in [0.3, 0.4) is 0 Å². The smallest absolute Gasteiger partial charge is 0.342 e. The van der Waals surface area contributed by atoms with E-state index >= 15 is 0 Å². The number of hydrogen-bond donors (Lipinski definition) is 1. The van der Waals surface area contributed by atoms with Crippen molar-refractivity contribution >= 4 is 11.8 Å². The van der Waals surface area contributed by atoms with E-state index in [2.05, 4.69) is 4.98 Å². The molecule has 1 rings (SSSR count). The number of carbonyl (C=O) groups is 1. The van der Waals surface area contributed by atoms with Crippen LogP contribution in [0.4, 0.5) is 5.82 Å². The first kappa shape index (κ1) is 15.2. The molecule has 0 saturated carbocycles. The minimum atomic E-state index is -0.476. The first-order valence-electron chi connectivity index (χ1n) is 6.21. The van der Waals surface area contributed by atoms with Gasteiger partial charge < -0.3 is 19.9 Å². The largest absolute Gasteiger partial charge is 0.489 e. The predicted octanol–water partition coefficient (Wildman–Crippen LogP) is 1.64. The Balaban J connectivity index is 2.68. The average molecular weight is 268 g/mol. The van der Waals surface area contributed by atoms with Crippen molar-refractivity contribution < 1.29 is 19.0 Å². The van der Waals surface area contributed by atoms with Gasteiger partial charge in [0.2, 0.25) is 0 Å². The zero-order valence-electron chi connectivity index (χ0n) is 11.5. The van der Waals surface area contributed by atoms with Crippen LogP contribution in [-0.2, 0) is 9.47 Å². The molecule has 0 fully saturated rings. The van der Waals surface area contributed by atoms with Crippen LogP contribution in [0.1, 0.15) is 31.1 Å². The summed E-state index contributed by atoms with van der Waals surface area (Å²) in [6, 6.07) is 1.44. The van der Waals surface area contributed by atoms with Crippen molar-refractivity contribution in [1.29, 1.82) is 0 Å². The molecule has 0 radical (unpaired) electrons. The summed E-state index contributed by atoms with van der Waals surface area (Å²) in [5.41, 5.74) is 5.83. The van der Waals surface area contributed by atoms with Crippen molar-refractivity contribution in [3.8, 4) is 5.75 Å². The summed E-state index contributed by atoms with van der Waals surface area (Å²) >= 11 is 0. The van der Waals surface area contributed by atoms with Gasteiger partial charge in [-0.3, -0.25) is 0 Å². The van der Waals surface area contributed by atoms with Crippen molar-refractivity contribution in [2.24, 2.45) is 0 Å². The zero-order chi connectivity index (χ0) is 14.3. The summed E-state index contributed by atoms with van der Waals surface area (Å²) in [5, 5.41) is 0. The highest BCUT2D eigenvalue weighted by atomic mass is 16.5. The number of nitrogens with zero attached hydrogens (tertiary/aromatic N) is 1. The van der Waals surface area contributed by atoms with Gasteiger partial charge in [0.25, 0.3) is 0 Å². The van der Waals surface area contributed by atoms with Gasteiger partial charge in [-0.1, -0.05) is 0 Å². The van der Waals surface area contributed by atoms with Crippen molar-refractivity contribution in [3.63, 3.8) is 0 Å². The molecule has 1 aromatic rings. The van der Waals surface area contributed by atoms with Crippen LogP contribution >= 0.6 is 0 Å². The molecule has 0 aliphatic heterocycles. The fourth-order valence-corrected chi connectivity index (χ4v) is 1.38. The molecule has 19 heavy (non-hydrogen) atoms. The number of hydrogen-bond acceptors (Lipinski definition) is 6. The molecule has 0 amide bonds. The SMILES string of the molecule is CCOC(=O)c1cc(N)ncc1OCCOC(C)C. The fraction of sp³-hybridized carbons (Fsp3) is 0.538. The van der Waals surface area contributed by atoms with Crippen molar-refractivity contribution in [1.82, 2.24) is 4.98 Å². The molecular formula is C13H20N2O4. The van der Waals surface area contributed by atoms with E-state index in [1.165, 1.54) is 12.3 Å². The summed E-state index contributed by atoms with van der Waals surface area (Å²) in [4.78, 5) is 15.6. The highest BCUT2D eigenvalue weighted by Gasteiger charge is 2.15. The first-order valence-corrected chi connectivity index (χ1v) is 6.21. The normalized spacial score (nSPS) is 10.5. The molecule has 106 valence electrons. The van der Waals surface area contributed by atoms with Crippen LogP contribution in [0.5, 0.6) is 5.75 Å². The van der Waals surface area contributed by atoms with Crippen LogP contribution in [0.2, 0.25) is 0 Å². The molecule has 0 unspecified atom stereocenters. The van der Waals surface area contributed by atoms with Gasteiger partial charge in [0.1, 0.15) is 18.0 Å². The second-order valence-corrected chi connectivity index (χ2v) is 4.09. The van der Waals surface area contributed by atoms with Crippen LogP contribution in [0.15, 0.2) is 12.3 Å². The number of esters is 1. The van der Waals surface area contributed by atoms with Gasteiger partial charge in [0.15, 0.2) is 5.75 Å². The highest BCUT2D eigenvalue weighted by molar-refractivity contribution is 5.93. The Bertz CT molecular complexity index is 421. The lowest BCUT2D eigenvalue weighted by Gasteiger charge is -2.12. The summed E-state index contributed by atoms with van der Waals surface area (Å²) in [6.07, 6.45) is 1.55. The number of ether oxygens (including phenoxy) is 3. The first-order chi connectivity index (χ1) is 9.04. The number of nitrogens with two attached hydrogens (primary N) is 1. The van der Waals surface area contributed by atoms with Gasteiger partial charge in [0.05, 0.1) is 25.5 Å². The number of anilines is 1. The van der Waals surface area contributed by atoms with Gasteiger partial charge in [-0.25, -0.2) is 9.78 Å². The monoisotopic (exact) mass is 268 g/mol. The van der Waals surface area contributed by atoms with Crippen LogP contribution in [0.25, 0.3) is 0 Å². The Hall–Kier alpha value is -1.82. The van der Waals surface area contributed by atoms with Gasteiger partial charge in [0, 0.05) is 0 Å². The van der Waals surface area contributed by atoms with Crippen LogP contribution < -0.4 is 10.5 Å². The van der Waals surface area contributed by atoms with E-state index in [4.69, 9.17) is 19.9 Å². The standard InChI is InChI=1S/C13H20N2O4/c1-4-17-13(16)10-7-12(14)15-8-11(10)19-6-5-18-9(2)3/h7-9H,4-6H2,1-3H3,(H2,14,15). The highest BCUT2D eigenvalue weighted by Crippen LogP contribution is 2.20. The molecule has 0 atom stereocenters. The minimum Gasteiger partial charge on any atom is -0.489 e. The molecule has 2 N–H and O–H groups in total. The van der Waals surface area contributed by atoms with Gasteiger partial charge in [-0.15, -0.1) is 0 Å². The number of aromatic nitrogens is 1. The Labute approximate surface area is 112 Å². The predicted molar refractivity (Wildman–Crippen MR) is 71.2 cm³/mol. The van der Waals surface area contributed by atoms with Gasteiger partial charge >= 0.3 is 5.97 Å². The molecule has 6 nitrogen and oxygen atoms in total. The maximum Gasteiger partial charge on any atom is 0.342 e. The van der Waals surface area contributed by atoms with E-state index in [0.717, 1.165) is 0 Å². The third-order valence-corrected chi connectivity index (χ3v) is 2.18. The third-order valence-electron chi connectivity index (χ3n) is 2.18. The molecule has 1 heterocycles. The van der Waals surface area contributed by atoms with Crippen molar-refractivity contribution in [2.75, 3.05) is 25.6 Å². The third kappa shape index (κ3) is 5.13. The number of nitrogen functional groups attached to an aromatic ring is 1. The Kier molecular flexibility index (Phi) is 6.08. The van der Waals surface area contributed by atoms with Gasteiger partial charge in [-0.05, 0) is 26.8 Å². The lowest BCUT2D eigenvalue weighted by molar-refractivity contribution is 0.0486. The maximum absolute atomic E-state index is 11.7. The van der Waals surface area contributed by atoms with E-state index < -0.39 is 5.97 Å². The number of carbonyl (C=O) groups excluding carboxylic acids is 1. The summed E-state index contributed by atoms with van der Waals surface area (Å²) < 4.78 is 15.7. The second-order valence-electron chi connectivity index (χ2n) is 4.09. The summed E-state index contributed by atoms with van der Waals surface area (Å²) in [6.45, 7) is 6.67. The van der Waals surface area contributed by atoms with Crippen molar-refractivity contribution in [2.45, 2.75) is 26.9 Å². The molecule has 0 aliphatic carbocycles. The molecule has 0 aliphatic rings. The Morgan fingerprint density at radius 3 is 2.79 bits per heavy atom. The average Bonchev–Trinajstić information content (AvgIpc) is 2.36. The lowest BCUT2D eigenvalue weighted by Crippen LogP contribution is -2.14. The van der Waals surface area contributed by atoms with E-state index in [1.54, 1.807) is 6.92 Å². The summed E-state index contributed by atoms with van der Waals surface area (Å²) in [5.74, 6) is 0.116. The maximum atomic E-state index is 11.7. The van der Waals surface area contributed by atoms with Crippen LogP contribution in [0, 0.1) is 0 Å². The van der Waals surface area contributed by atoms with Crippen molar-refractivity contribution in [3.05, 3.63) is 17.8 Å². The molecule has 6 heteroatoms. The van der Waals surface area contributed by atoms with E-state index in [1.807, 2.05) is 13.8 Å². The number of pyridine rings is 1. The van der Waals surface area contributed by atoms with E-state index in [0.29, 0.717) is 19.0 Å². The fourth-order valence-electron chi connectivity index (χ4n) is 1.38. The molecule has 0 saturated heterocycles. The number of rotatable bonds is 7. The Morgan fingerprint density at radius 2 is 2.16 bits per heavy atom. The van der Waals surface area contributed by atoms with E-state index in [9.17, 15) is 4.79 Å². The van der Waals surface area contributed by atoms with Gasteiger partial charge in [-0.2, -0.15) is 0 Å². The quantitative estimate of drug-likeness (QED) is 0.598. The molecular weight excluding hydrogens is 248 g/mol.